The molecular weight excluding hydrogens is 616 g/mol. The number of carbonyl (C=O) groups is 6. The fourth-order valence-corrected chi connectivity index (χ4v) is 8.11. The molecule has 2 aliphatic heterocycles. The van der Waals surface area contributed by atoms with Crippen LogP contribution in [-0.2, 0) is 61.9 Å². The Hall–Kier alpha value is -3.48. The van der Waals surface area contributed by atoms with E-state index in [-0.39, 0.29) is 25.7 Å². The van der Waals surface area contributed by atoms with Crippen LogP contribution in [-0.4, -0.2) is 83.6 Å². The van der Waals surface area contributed by atoms with E-state index in [1.165, 1.54) is 20.8 Å². The summed E-state index contributed by atoms with van der Waals surface area (Å²) in [6.45, 7) is 14.2. The number of ether oxygens (including phenoxy) is 7. The van der Waals surface area contributed by atoms with Gasteiger partial charge in [0.25, 0.3) is 0 Å². The van der Waals surface area contributed by atoms with Crippen molar-refractivity contribution in [2.24, 2.45) is 17.3 Å². The Labute approximate surface area is 275 Å². The molecule has 0 aromatic rings. The number of carbonyl (C=O) groups excluding carboxylic acids is 6. The van der Waals surface area contributed by atoms with Gasteiger partial charge in [0, 0.05) is 58.3 Å². The molecule has 0 aromatic carbocycles. The molecule has 0 bridgehead atoms. The molecule has 13 nitrogen and oxygen atoms in total. The van der Waals surface area contributed by atoms with Crippen molar-refractivity contribution in [3.05, 3.63) is 11.6 Å². The van der Waals surface area contributed by atoms with Crippen LogP contribution in [0.15, 0.2) is 11.6 Å². The maximum absolute atomic E-state index is 13.3. The molecule has 0 aromatic heterocycles. The summed E-state index contributed by atoms with van der Waals surface area (Å²) in [7, 11) is 0. The minimum atomic E-state index is -1.53. The third-order valence-electron chi connectivity index (χ3n) is 10.2. The molecule has 1 spiro atoms. The SMILES string of the molecule is CCCC(=O)O[C@H]1C[C@H](OC(C)=O)[C@@]2(C)[C@@H](OC(C)=O)[C@@H](OC(=O)CCC)C/C(C)=C\[C@@H]3OC(=O)[C@]4(C)O[C@@]34C(OC(C)=O)[C@H]2[C@H]1C. The van der Waals surface area contributed by atoms with Gasteiger partial charge >= 0.3 is 35.8 Å². The number of epoxide rings is 1. The van der Waals surface area contributed by atoms with Gasteiger partial charge in [-0.15, -0.1) is 0 Å². The van der Waals surface area contributed by atoms with E-state index in [0.717, 1.165) is 0 Å². The maximum Gasteiger partial charge on any atom is 0.342 e. The van der Waals surface area contributed by atoms with E-state index < -0.39 is 101 Å². The molecule has 2 saturated heterocycles. The second-order valence-electron chi connectivity index (χ2n) is 13.7. The second-order valence-corrected chi connectivity index (χ2v) is 13.7. The van der Waals surface area contributed by atoms with Gasteiger partial charge in [0.15, 0.2) is 17.3 Å². The van der Waals surface area contributed by atoms with E-state index in [0.29, 0.717) is 18.4 Å². The highest BCUT2D eigenvalue weighted by molar-refractivity contribution is 5.89. The minimum absolute atomic E-state index is 0.00217. The summed E-state index contributed by atoms with van der Waals surface area (Å²) < 4.78 is 42.4. The first-order valence-electron chi connectivity index (χ1n) is 16.4. The third-order valence-corrected chi connectivity index (χ3v) is 10.2. The van der Waals surface area contributed by atoms with Gasteiger partial charge in [0.05, 0.1) is 5.41 Å². The predicted octanol–water partition coefficient (Wildman–Crippen LogP) is 3.67. The van der Waals surface area contributed by atoms with Crippen LogP contribution < -0.4 is 0 Å². The fraction of sp³-hybridized carbons (Fsp3) is 0.765. The molecule has 47 heavy (non-hydrogen) atoms. The molecule has 2 aliphatic carbocycles. The number of hydrogen-bond acceptors (Lipinski definition) is 13. The van der Waals surface area contributed by atoms with Crippen molar-refractivity contribution in [3.63, 3.8) is 0 Å². The van der Waals surface area contributed by atoms with Crippen LogP contribution in [0.25, 0.3) is 0 Å². The first-order chi connectivity index (χ1) is 22.0. The van der Waals surface area contributed by atoms with E-state index in [2.05, 4.69) is 0 Å². The highest BCUT2D eigenvalue weighted by Crippen LogP contribution is 2.66. The zero-order chi connectivity index (χ0) is 35.1. The van der Waals surface area contributed by atoms with Crippen molar-refractivity contribution < 1.29 is 61.9 Å². The first-order valence-corrected chi connectivity index (χ1v) is 16.4. The zero-order valence-corrected chi connectivity index (χ0v) is 28.7. The molecular formula is C34H48O13. The molecule has 4 aliphatic rings. The van der Waals surface area contributed by atoms with E-state index in [1.54, 1.807) is 33.8 Å². The Bertz CT molecular complexity index is 1320. The molecule has 11 atom stereocenters. The molecule has 0 amide bonds. The topological polar surface area (TPSA) is 170 Å². The van der Waals surface area contributed by atoms with Crippen LogP contribution in [0.4, 0.5) is 0 Å². The molecule has 13 heteroatoms. The molecule has 0 radical (unpaired) electrons. The Morgan fingerprint density at radius 3 is 1.87 bits per heavy atom. The number of esters is 6. The number of hydrogen-bond donors (Lipinski definition) is 0. The molecule has 0 N–H and O–H groups in total. The highest BCUT2D eigenvalue weighted by Gasteiger charge is 2.87. The van der Waals surface area contributed by atoms with E-state index in [4.69, 9.17) is 33.2 Å². The van der Waals surface area contributed by atoms with Crippen molar-refractivity contribution >= 4 is 35.8 Å². The summed E-state index contributed by atoms with van der Waals surface area (Å²) in [6, 6.07) is 0. The standard InChI is InChI=1S/C34H48O13/c1-10-12-26(38)44-22-16-24(41-19(5)35)32(8)28(18(22)4)30(43-21(7)37)34-25(46-31(40)33(34,9)47-34)15-17(3)14-23(29(32)42-20(6)36)45-27(39)13-11-2/h15,18,22-25,28-30H,10-14,16H2,1-9H3/b17-15-/t18-,22-,23-,24-,25-,28+,29-,30?,32+,33-,34+/m0/s1. The van der Waals surface area contributed by atoms with Gasteiger partial charge in [0.1, 0.15) is 30.5 Å². The Kier molecular flexibility index (Phi) is 10.5. The van der Waals surface area contributed by atoms with Crippen LogP contribution in [0.1, 0.15) is 101 Å². The zero-order valence-electron chi connectivity index (χ0n) is 28.7. The Morgan fingerprint density at radius 1 is 0.830 bits per heavy atom. The van der Waals surface area contributed by atoms with Crippen molar-refractivity contribution in [1.29, 1.82) is 0 Å². The van der Waals surface area contributed by atoms with Gasteiger partial charge in [-0.2, -0.15) is 0 Å². The first kappa shape index (κ1) is 36.4. The lowest BCUT2D eigenvalue weighted by molar-refractivity contribution is -0.248. The average Bonchev–Trinajstić information content (AvgIpc) is 3.54. The Balaban J connectivity index is 2.06. The quantitative estimate of drug-likeness (QED) is 0.152. The molecule has 1 saturated carbocycles. The minimum Gasteiger partial charge on any atom is -0.462 e. The van der Waals surface area contributed by atoms with Crippen LogP contribution in [0.2, 0.25) is 0 Å². The third kappa shape index (κ3) is 6.51. The smallest absolute Gasteiger partial charge is 0.342 e. The van der Waals surface area contributed by atoms with Crippen LogP contribution in [0.3, 0.4) is 0 Å². The maximum atomic E-state index is 13.3. The van der Waals surface area contributed by atoms with Crippen molar-refractivity contribution in [2.45, 2.75) is 149 Å². The summed E-state index contributed by atoms with van der Waals surface area (Å²) in [4.78, 5) is 77.9. The summed E-state index contributed by atoms with van der Waals surface area (Å²) in [5, 5.41) is 0. The van der Waals surface area contributed by atoms with E-state index in [1.807, 2.05) is 13.8 Å². The average molecular weight is 665 g/mol. The largest absolute Gasteiger partial charge is 0.462 e. The lowest BCUT2D eigenvalue weighted by atomic mass is 9.52. The predicted molar refractivity (Wildman–Crippen MR) is 162 cm³/mol. The van der Waals surface area contributed by atoms with E-state index in [9.17, 15) is 28.8 Å². The normalized spacial score (nSPS) is 40.1. The lowest BCUT2D eigenvalue weighted by Gasteiger charge is -2.57. The van der Waals surface area contributed by atoms with Gasteiger partial charge in [-0.3, -0.25) is 24.0 Å². The summed E-state index contributed by atoms with van der Waals surface area (Å²) in [5.74, 6) is -5.35. The fourth-order valence-electron chi connectivity index (χ4n) is 8.11. The van der Waals surface area contributed by atoms with Crippen LogP contribution in [0.5, 0.6) is 0 Å². The molecule has 4 rings (SSSR count). The second kappa shape index (κ2) is 13.6. The van der Waals surface area contributed by atoms with Crippen molar-refractivity contribution in [2.75, 3.05) is 0 Å². The van der Waals surface area contributed by atoms with Crippen molar-refractivity contribution in [1.82, 2.24) is 0 Å². The Morgan fingerprint density at radius 2 is 1.36 bits per heavy atom. The molecule has 262 valence electrons. The summed E-state index contributed by atoms with van der Waals surface area (Å²) in [5.41, 5.74) is -3.89. The van der Waals surface area contributed by atoms with Gasteiger partial charge in [0.2, 0.25) is 0 Å². The molecule has 3 fully saturated rings. The van der Waals surface area contributed by atoms with Gasteiger partial charge in [-0.25, -0.2) is 4.79 Å². The van der Waals surface area contributed by atoms with Gasteiger partial charge in [-0.1, -0.05) is 33.3 Å². The number of fused-ring (bicyclic) bond motifs is 1. The van der Waals surface area contributed by atoms with Crippen LogP contribution >= 0.6 is 0 Å². The lowest BCUT2D eigenvalue weighted by Crippen LogP contribution is -2.68. The highest BCUT2D eigenvalue weighted by atomic mass is 16.7. The van der Waals surface area contributed by atoms with Gasteiger partial charge < -0.3 is 33.2 Å². The number of rotatable bonds is 9. The monoisotopic (exact) mass is 664 g/mol. The molecule has 2 heterocycles. The van der Waals surface area contributed by atoms with E-state index >= 15 is 0 Å². The van der Waals surface area contributed by atoms with Crippen LogP contribution in [0, 0.1) is 17.3 Å². The van der Waals surface area contributed by atoms with Crippen molar-refractivity contribution in [3.8, 4) is 0 Å². The summed E-state index contributed by atoms with van der Waals surface area (Å²) >= 11 is 0. The summed E-state index contributed by atoms with van der Waals surface area (Å²) in [6.07, 6.45) is -3.61. The molecule has 1 unspecified atom stereocenters. The van der Waals surface area contributed by atoms with Gasteiger partial charge in [-0.05, 0) is 32.8 Å².